The summed E-state index contributed by atoms with van der Waals surface area (Å²) in [6, 6.07) is 1.60. The Morgan fingerprint density at radius 3 is 2.63 bits per heavy atom. The summed E-state index contributed by atoms with van der Waals surface area (Å²) in [5.41, 5.74) is -0.254. The van der Waals surface area contributed by atoms with Crippen molar-refractivity contribution in [2.24, 2.45) is 7.05 Å². The number of aryl methyl sites for hydroxylation is 1. The summed E-state index contributed by atoms with van der Waals surface area (Å²) < 4.78 is 6.54. The van der Waals surface area contributed by atoms with Crippen LogP contribution < -0.4 is 5.32 Å². The van der Waals surface area contributed by atoms with E-state index in [0.717, 1.165) is 0 Å². The third-order valence-corrected chi connectivity index (χ3v) is 2.26. The Morgan fingerprint density at radius 2 is 2.16 bits per heavy atom. The molecule has 7 heteroatoms. The molecule has 0 aliphatic heterocycles. The first-order chi connectivity index (χ1) is 8.69. The van der Waals surface area contributed by atoms with Crippen LogP contribution >= 0.6 is 0 Å². The van der Waals surface area contributed by atoms with E-state index >= 15 is 0 Å². The lowest BCUT2D eigenvalue weighted by molar-refractivity contribution is 0.0106. The van der Waals surface area contributed by atoms with Crippen LogP contribution in [0.5, 0.6) is 0 Å². The van der Waals surface area contributed by atoms with E-state index in [1.807, 2.05) is 0 Å². The van der Waals surface area contributed by atoms with Crippen molar-refractivity contribution in [3.63, 3.8) is 0 Å². The Labute approximate surface area is 112 Å². The Balaban J connectivity index is 2.43. The van der Waals surface area contributed by atoms with Crippen molar-refractivity contribution in [1.82, 2.24) is 15.1 Å². The molecule has 1 aromatic rings. The molecule has 2 unspecified atom stereocenters. The van der Waals surface area contributed by atoms with Gasteiger partial charge in [-0.25, -0.2) is 4.79 Å². The fourth-order valence-electron chi connectivity index (χ4n) is 1.40. The Bertz CT molecular complexity index is 425. The molecule has 2 atom stereocenters. The number of hydrogen-bond acceptors (Lipinski definition) is 5. The minimum absolute atomic E-state index is 0.118. The molecule has 1 heterocycles. The zero-order valence-electron chi connectivity index (χ0n) is 11.6. The molecule has 0 aliphatic carbocycles. The molecule has 1 aromatic heterocycles. The van der Waals surface area contributed by atoms with E-state index in [0.29, 0.717) is 5.69 Å². The van der Waals surface area contributed by atoms with Gasteiger partial charge in [0.2, 0.25) is 0 Å². The normalized spacial score (nSPS) is 14.8. The third-order valence-electron chi connectivity index (χ3n) is 2.26. The molecule has 108 valence electrons. The number of hydrogen-bond donors (Lipinski definition) is 3. The second kappa shape index (κ2) is 6.03. The monoisotopic (exact) mass is 271 g/mol. The van der Waals surface area contributed by atoms with Crippen LogP contribution in [-0.4, -0.2) is 44.3 Å². The quantitative estimate of drug-likeness (QED) is 0.733. The number of aliphatic hydroxyl groups excluding tert-OH is 2. The number of ether oxygens (including phenoxy) is 1. The van der Waals surface area contributed by atoms with Gasteiger partial charge in [0.25, 0.3) is 0 Å². The number of carbonyl (C=O) groups is 1. The molecular formula is C12H21N3O4. The Morgan fingerprint density at radius 1 is 1.53 bits per heavy atom. The summed E-state index contributed by atoms with van der Waals surface area (Å²) in [5.74, 6) is 0. The molecular weight excluding hydrogens is 250 g/mol. The van der Waals surface area contributed by atoms with E-state index in [1.54, 1.807) is 40.1 Å². The lowest BCUT2D eigenvalue weighted by atomic mass is 10.1. The number of amides is 1. The summed E-state index contributed by atoms with van der Waals surface area (Å²) in [5, 5.41) is 26.0. The molecule has 19 heavy (non-hydrogen) atoms. The van der Waals surface area contributed by atoms with Gasteiger partial charge in [0.05, 0.1) is 5.69 Å². The van der Waals surface area contributed by atoms with E-state index in [4.69, 9.17) is 4.74 Å². The highest BCUT2D eigenvalue weighted by molar-refractivity contribution is 5.67. The van der Waals surface area contributed by atoms with E-state index < -0.39 is 23.9 Å². The van der Waals surface area contributed by atoms with Gasteiger partial charge >= 0.3 is 6.09 Å². The van der Waals surface area contributed by atoms with Gasteiger partial charge in [0.1, 0.15) is 17.8 Å². The molecule has 7 nitrogen and oxygen atoms in total. The zero-order chi connectivity index (χ0) is 14.6. The van der Waals surface area contributed by atoms with Crippen molar-refractivity contribution >= 4 is 6.09 Å². The molecule has 0 saturated carbocycles. The molecule has 0 radical (unpaired) electrons. The number of aliphatic hydroxyl groups is 2. The molecule has 0 aliphatic rings. The predicted octanol–water partition coefficient (Wildman–Crippen LogP) is 0.339. The standard InChI is InChI=1S/C12H21N3O4/c1-12(2,3)19-11(18)13-7-9(16)10(17)8-5-6-15(4)14-8/h5-6,9-10,16-17H,7H2,1-4H3,(H,13,18). The second-order valence-corrected chi connectivity index (χ2v) is 5.31. The summed E-state index contributed by atoms with van der Waals surface area (Å²) in [7, 11) is 1.71. The predicted molar refractivity (Wildman–Crippen MR) is 68.4 cm³/mol. The number of alkyl carbamates (subject to hydrolysis) is 1. The molecule has 0 fully saturated rings. The highest BCUT2D eigenvalue weighted by Gasteiger charge is 2.22. The van der Waals surface area contributed by atoms with Crippen LogP contribution in [-0.2, 0) is 11.8 Å². The molecule has 3 N–H and O–H groups in total. The zero-order valence-corrected chi connectivity index (χ0v) is 11.6. The Kier molecular flexibility index (Phi) is 4.90. The fraction of sp³-hybridized carbons (Fsp3) is 0.667. The first-order valence-electron chi connectivity index (χ1n) is 6.01. The number of nitrogens with zero attached hydrogens (tertiary/aromatic N) is 2. The van der Waals surface area contributed by atoms with E-state index in [1.165, 1.54) is 4.68 Å². The summed E-state index contributed by atoms with van der Waals surface area (Å²) in [4.78, 5) is 11.4. The molecule has 0 saturated heterocycles. The average molecular weight is 271 g/mol. The highest BCUT2D eigenvalue weighted by atomic mass is 16.6. The van der Waals surface area contributed by atoms with Crippen LogP contribution in [0.2, 0.25) is 0 Å². The van der Waals surface area contributed by atoms with Gasteiger partial charge in [-0.1, -0.05) is 0 Å². The van der Waals surface area contributed by atoms with Crippen LogP contribution in [0.4, 0.5) is 4.79 Å². The van der Waals surface area contributed by atoms with E-state index in [2.05, 4.69) is 10.4 Å². The highest BCUT2D eigenvalue weighted by Crippen LogP contribution is 2.14. The van der Waals surface area contributed by atoms with Crippen LogP contribution in [0, 0.1) is 0 Å². The largest absolute Gasteiger partial charge is 0.444 e. The van der Waals surface area contributed by atoms with E-state index in [-0.39, 0.29) is 6.54 Å². The third kappa shape index (κ3) is 5.27. The van der Waals surface area contributed by atoms with Gasteiger partial charge in [0, 0.05) is 19.8 Å². The summed E-state index contributed by atoms with van der Waals surface area (Å²) in [6.45, 7) is 5.11. The topological polar surface area (TPSA) is 96.6 Å². The maximum absolute atomic E-state index is 11.4. The molecule has 1 amide bonds. The molecule has 0 bridgehead atoms. The fourth-order valence-corrected chi connectivity index (χ4v) is 1.40. The number of aromatic nitrogens is 2. The molecule has 0 aromatic carbocycles. The van der Waals surface area contributed by atoms with E-state index in [9.17, 15) is 15.0 Å². The second-order valence-electron chi connectivity index (χ2n) is 5.31. The maximum Gasteiger partial charge on any atom is 0.407 e. The smallest absolute Gasteiger partial charge is 0.407 e. The van der Waals surface area contributed by atoms with Crippen LogP contribution in [0.3, 0.4) is 0 Å². The number of nitrogens with one attached hydrogen (secondary N) is 1. The first kappa shape index (κ1) is 15.5. The van der Waals surface area contributed by atoms with Crippen LogP contribution in [0.15, 0.2) is 12.3 Å². The minimum atomic E-state index is -1.16. The maximum atomic E-state index is 11.4. The lowest BCUT2D eigenvalue weighted by Gasteiger charge is -2.21. The number of rotatable bonds is 4. The molecule has 1 rings (SSSR count). The average Bonchev–Trinajstić information content (AvgIpc) is 2.69. The first-order valence-corrected chi connectivity index (χ1v) is 6.01. The summed E-state index contributed by atoms with van der Waals surface area (Å²) in [6.07, 6.45) is -1.29. The summed E-state index contributed by atoms with van der Waals surface area (Å²) >= 11 is 0. The number of carbonyl (C=O) groups excluding carboxylic acids is 1. The lowest BCUT2D eigenvalue weighted by Crippen LogP contribution is -2.38. The molecule has 0 spiro atoms. The van der Waals surface area contributed by atoms with Gasteiger partial charge in [-0.3, -0.25) is 4.68 Å². The van der Waals surface area contributed by atoms with Gasteiger partial charge in [-0.15, -0.1) is 0 Å². The van der Waals surface area contributed by atoms with Crippen molar-refractivity contribution in [1.29, 1.82) is 0 Å². The Hall–Kier alpha value is -1.60. The van der Waals surface area contributed by atoms with Gasteiger partial charge in [-0.05, 0) is 26.8 Å². The van der Waals surface area contributed by atoms with Crippen molar-refractivity contribution in [2.45, 2.75) is 38.6 Å². The van der Waals surface area contributed by atoms with Gasteiger partial charge in [-0.2, -0.15) is 5.10 Å². The van der Waals surface area contributed by atoms with Crippen molar-refractivity contribution in [3.8, 4) is 0 Å². The SMILES string of the molecule is Cn1ccc(C(O)C(O)CNC(=O)OC(C)(C)C)n1. The van der Waals surface area contributed by atoms with Crippen molar-refractivity contribution in [3.05, 3.63) is 18.0 Å². The van der Waals surface area contributed by atoms with Crippen LogP contribution in [0.1, 0.15) is 32.6 Å². The van der Waals surface area contributed by atoms with Gasteiger partial charge < -0.3 is 20.3 Å². The minimum Gasteiger partial charge on any atom is -0.444 e. The van der Waals surface area contributed by atoms with Crippen molar-refractivity contribution < 1.29 is 19.7 Å². The van der Waals surface area contributed by atoms with Crippen LogP contribution in [0.25, 0.3) is 0 Å². The van der Waals surface area contributed by atoms with Crippen molar-refractivity contribution in [2.75, 3.05) is 6.54 Å². The van der Waals surface area contributed by atoms with Gasteiger partial charge in [0.15, 0.2) is 0 Å².